The van der Waals surface area contributed by atoms with Gasteiger partial charge >= 0.3 is 12.1 Å². The molecule has 292 valence electrons. The van der Waals surface area contributed by atoms with Gasteiger partial charge in [0.25, 0.3) is 0 Å². The maximum Gasteiger partial charge on any atom is 0.408 e. The zero-order valence-electron chi connectivity index (χ0n) is 30.2. The van der Waals surface area contributed by atoms with Crippen LogP contribution in [0.25, 0.3) is 0 Å². The maximum atomic E-state index is 11.6. The minimum Gasteiger partial charge on any atom is -0.462 e. The Bertz CT molecular complexity index is 713. The fourth-order valence-corrected chi connectivity index (χ4v) is 3.17. The smallest absolute Gasteiger partial charge is 0.408 e. The van der Waals surface area contributed by atoms with Crippen LogP contribution in [0, 0.1) is 0 Å². The summed E-state index contributed by atoms with van der Waals surface area (Å²) >= 11 is 0. The fourth-order valence-electron chi connectivity index (χ4n) is 3.17. The number of hydrogen-bond acceptors (Lipinski definition) is 16. The molecule has 0 aromatic rings. The topological polar surface area (TPSA) is 175 Å². The summed E-state index contributed by atoms with van der Waals surface area (Å²) in [6.07, 6.45) is -0.677. The molecule has 49 heavy (non-hydrogen) atoms. The van der Waals surface area contributed by atoms with Crippen molar-refractivity contribution in [3.63, 3.8) is 0 Å². The van der Waals surface area contributed by atoms with Gasteiger partial charge in [0, 0.05) is 7.11 Å². The number of esters is 1. The fraction of sp³-hybridized carbons (Fsp3) is 0.938. The monoisotopic (exact) mass is 717 g/mol. The second-order valence-corrected chi connectivity index (χ2v) is 10.8. The third-order valence-electron chi connectivity index (χ3n) is 5.42. The summed E-state index contributed by atoms with van der Waals surface area (Å²) in [5, 5.41) is 2.33. The number of carbonyl (C=O) groups is 2. The highest BCUT2D eigenvalue weighted by Crippen LogP contribution is 2.06. The molecule has 0 aromatic carbocycles. The molecule has 0 heterocycles. The normalized spacial score (nSPS) is 11.6. The van der Waals surface area contributed by atoms with Crippen LogP contribution in [0.4, 0.5) is 4.79 Å². The minimum absolute atomic E-state index is 0.0773. The molecular weight excluding hydrogens is 654 g/mol. The van der Waals surface area contributed by atoms with Crippen molar-refractivity contribution in [2.24, 2.45) is 0 Å². The predicted molar refractivity (Wildman–Crippen MR) is 176 cm³/mol. The molecule has 0 aliphatic rings. The van der Waals surface area contributed by atoms with Crippen molar-refractivity contribution in [1.29, 1.82) is 0 Å². The Hall–Kier alpha value is -1.74. The molecule has 0 rings (SSSR count). The minimum atomic E-state index is -0.677. The van der Waals surface area contributed by atoms with Gasteiger partial charge in [0.05, 0.1) is 152 Å². The first-order chi connectivity index (χ1) is 23.8. The third kappa shape index (κ3) is 42.3. The van der Waals surface area contributed by atoms with Gasteiger partial charge in [0.1, 0.15) is 18.8 Å². The number of rotatable bonds is 38. The van der Waals surface area contributed by atoms with Crippen molar-refractivity contribution in [3.05, 3.63) is 0 Å². The molecule has 1 amide bonds. The number of nitrogens with one attached hydrogen (secondary N) is 1. The molecule has 0 aliphatic heterocycles. The lowest BCUT2D eigenvalue weighted by Crippen LogP contribution is -2.36. The first kappa shape index (κ1) is 47.3. The zero-order valence-corrected chi connectivity index (χ0v) is 30.2. The molecule has 0 fully saturated rings. The summed E-state index contributed by atoms with van der Waals surface area (Å²) in [7, 11) is 1.64. The summed E-state index contributed by atoms with van der Waals surface area (Å²) in [6.45, 7) is 16.0. The van der Waals surface area contributed by atoms with E-state index in [-0.39, 0.29) is 19.8 Å². The van der Waals surface area contributed by atoms with Gasteiger partial charge in [-0.15, -0.1) is 0 Å². The van der Waals surface area contributed by atoms with Gasteiger partial charge in [0.15, 0.2) is 0 Å². The van der Waals surface area contributed by atoms with Crippen molar-refractivity contribution in [1.82, 2.24) is 5.32 Å². The molecule has 0 aliphatic carbocycles. The number of methoxy groups -OCH3 is 1. The van der Waals surface area contributed by atoms with Gasteiger partial charge in [-0.2, -0.15) is 0 Å². The molecule has 17 nitrogen and oxygen atoms in total. The average molecular weight is 718 g/mol. The van der Waals surface area contributed by atoms with E-state index in [1.807, 2.05) is 0 Å². The van der Waals surface area contributed by atoms with Crippen LogP contribution in [-0.4, -0.2) is 190 Å². The maximum absolute atomic E-state index is 11.6. The Morgan fingerprint density at radius 2 is 0.653 bits per heavy atom. The lowest BCUT2D eigenvalue weighted by molar-refractivity contribution is -0.144. The number of carbonyl (C=O) groups excluding carboxylic acids is 2. The molecule has 0 spiro atoms. The molecule has 0 radical (unpaired) electrons. The van der Waals surface area contributed by atoms with Crippen LogP contribution >= 0.6 is 0 Å². The number of alkyl carbamates (subject to hydrolysis) is 1. The van der Waals surface area contributed by atoms with E-state index in [0.717, 1.165) is 0 Å². The molecule has 0 unspecified atom stereocenters. The highest BCUT2D eigenvalue weighted by molar-refractivity contribution is 5.77. The zero-order chi connectivity index (χ0) is 35.9. The first-order valence-corrected chi connectivity index (χ1v) is 16.8. The third-order valence-corrected chi connectivity index (χ3v) is 5.42. The van der Waals surface area contributed by atoms with Gasteiger partial charge < -0.3 is 71.6 Å². The van der Waals surface area contributed by atoms with E-state index in [2.05, 4.69) is 5.32 Å². The second kappa shape index (κ2) is 37.5. The van der Waals surface area contributed by atoms with E-state index in [0.29, 0.717) is 145 Å². The van der Waals surface area contributed by atoms with Gasteiger partial charge in [-0.1, -0.05) is 0 Å². The van der Waals surface area contributed by atoms with E-state index in [1.165, 1.54) is 0 Å². The summed E-state index contributed by atoms with van der Waals surface area (Å²) in [5.41, 5.74) is -0.634. The number of amides is 1. The Kier molecular flexibility index (Phi) is 36.2. The van der Waals surface area contributed by atoms with Crippen LogP contribution in [0.2, 0.25) is 0 Å². The van der Waals surface area contributed by atoms with Crippen molar-refractivity contribution >= 4 is 12.1 Å². The van der Waals surface area contributed by atoms with E-state index in [9.17, 15) is 9.59 Å². The van der Waals surface area contributed by atoms with Crippen LogP contribution in [0.1, 0.15) is 20.8 Å². The molecular formula is C32H63NO16. The Balaban J connectivity index is 3.14. The number of hydrogen-bond donors (Lipinski definition) is 1. The van der Waals surface area contributed by atoms with Crippen LogP contribution < -0.4 is 5.32 Å². The molecule has 17 heteroatoms. The van der Waals surface area contributed by atoms with E-state index in [1.54, 1.807) is 27.9 Å². The van der Waals surface area contributed by atoms with Gasteiger partial charge in [0.2, 0.25) is 0 Å². The van der Waals surface area contributed by atoms with Gasteiger partial charge in [-0.3, -0.25) is 4.79 Å². The Morgan fingerprint density at radius 3 is 0.898 bits per heavy atom. The molecule has 0 saturated carbocycles. The molecule has 0 bridgehead atoms. The van der Waals surface area contributed by atoms with Crippen molar-refractivity contribution in [2.75, 3.05) is 172 Å². The van der Waals surface area contributed by atoms with Crippen LogP contribution in [0.5, 0.6) is 0 Å². The Morgan fingerprint density at radius 1 is 0.408 bits per heavy atom. The Labute approximate surface area is 292 Å². The predicted octanol–water partition coefficient (Wildman–Crippen LogP) is 0.883. The highest BCUT2D eigenvalue weighted by Gasteiger charge is 2.16. The molecule has 0 aromatic heterocycles. The van der Waals surface area contributed by atoms with E-state index >= 15 is 0 Å². The quantitative estimate of drug-likeness (QED) is 0.0703. The molecule has 0 atom stereocenters. The van der Waals surface area contributed by atoms with Crippen LogP contribution in [-0.2, 0) is 71.1 Å². The van der Waals surface area contributed by atoms with Crippen molar-refractivity contribution in [2.45, 2.75) is 26.4 Å². The SMILES string of the molecule is COCCOCCOCCOCCOCCOCCOCCOCCOCCOCCOCCOCCOC(=O)CNC(=O)OC(C)(C)C. The highest BCUT2D eigenvalue weighted by atomic mass is 16.6. The van der Waals surface area contributed by atoms with Gasteiger partial charge in [-0.25, -0.2) is 4.79 Å². The summed E-state index contributed by atoms with van der Waals surface area (Å²) in [4.78, 5) is 23.1. The summed E-state index contributed by atoms with van der Waals surface area (Å²) < 4.78 is 74.5. The van der Waals surface area contributed by atoms with E-state index in [4.69, 9.17) is 66.3 Å². The number of ether oxygens (including phenoxy) is 14. The lowest BCUT2D eigenvalue weighted by atomic mass is 10.2. The standard InChI is InChI=1S/C32H63NO16/c1-32(2,3)49-31(35)33-29-30(34)48-28-27-47-26-25-46-24-23-45-22-21-44-20-19-43-18-17-42-16-15-41-14-13-40-12-11-39-10-9-38-8-7-37-6-5-36-4/h5-29H2,1-4H3,(H,33,35). The average Bonchev–Trinajstić information content (AvgIpc) is 3.06. The lowest BCUT2D eigenvalue weighted by Gasteiger charge is -2.19. The second-order valence-electron chi connectivity index (χ2n) is 10.8. The van der Waals surface area contributed by atoms with Crippen LogP contribution in [0.15, 0.2) is 0 Å². The molecule has 0 saturated heterocycles. The van der Waals surface area contributed by atoms with E-state index < -0.39 is 17.7 Å². The summed E-state index contributed by atoms with van der Waals surface area (Å²) in [6, 6.07) is 0. The largest absolute Gasteiger partial charge is 0.462 e. The van der Waals surface area contributed by atoms with Gasteiger partial charge in [-0.05, 0) is 20.8 Å². The van der Waals surface area contributed by atoms with Crippen LogP contribution in [0.3, 0.4) is 0 Å². The van der Waals surface area contributed by atoms with Crippen molar-refractivity contribution in [3.8, 4) is 0 Å². The molecule has 1 N–H and O–H groups in total. The first-order valence-electron chi connectivity index (χ1n) is 16.8. The summed E-state index contributed by atoms with van der Waals surface area (Å²) in [5.74, 6) is -0.574. The van der Waals surface area contributed by atoms with Crippen molar-refractivity contribution < 1.29 is 75.9 Å².